The van der Waals surface area contributed by atoms with Crippen LogP contribution in [0.4, 0.5) is 13.2 Å². The highest BCUT2D eigenvalue weighted by Crippen LogP contribution is 2.55. The summed E-state index contributed by atoms with van der Waals surface area (Å²) in [5.41, 5.74) is 4.88. The van der Waals surface area contributed by atoms with Crippen LogP contribution in [-0.2, 0) is 11.6 Å². The minimum absolute atomic E-state index is 0.0404. The van der Waals surface area contributed by atoms with E-state index in [4.69, 9.17) is 15.2 Å². The summed E-state index contributed by atoms with van der Waals surface area (Å²) in [5, 5.41) is 0. The molecule has 1 unspecified atom stereocenters. The number of nitrogens with two attached hydrogens (primary N) is 1. The predicted octanol–water partition coefficient (Wildman–Crippen LogP) is 2.81. The molecule has 2 N–H and O–H groups in total. The molecule has 1 aliphatic heterocycles. The van der Waals surface area contributed by atoms with Crippen LogP contribution in [0.25, 0.3) is 0 Å². The first-order chi connectivity index (χ1) is 8.84. The first-order valence-corrected chi connectivity index (χ1v) is 6.11. The van der Waals surface area contributed by atoms with Gasteiger partial charge in [0, 0.05) is 11.5 Å². The molecule has 0 saturated heterocycles. The Morgan fingerprint density at radius 3 is 2.26 bits per heavy atom. The number of hydrogen-bond donors (Lipinski definition) is 1. The lowest BCUT2D eigenvalue weighted by Crippen LogP contribution is -2.33. The summed E-state index contributed by atoms with van der Waals surface area (Å²) in [7, 11) is 0. The fraction of sp³-hybridized carbons (Fsp3) is 0.538. The highest BCUT2D eigenvalue weighted by atomic mass is 19.4. The Morgan fingerprint density at radius 1 is 1.21 bits per heavy atom. The van der Waals surface area contributed by atoms with Crippen LogP contribution in [-0.4, -0.2) is 12.8 Å². The Hall–Kier alpha value is -1.43. The normalized spacial score (nSPS) is 21.3. The van der Waals surface area contributed by atoms with Gasteiger partial charge in [-0.2, -0.15) is 13.2 Å². The second-order valence-corrected chi connectivity index (χ2v) is 5.19. The van der Waals surface area contributed by atoms with Gasteiger partial charge in [-0.1, -0.05) is 0 Å². The van der Waals surface area contributed by atoms with Crippen molar-refractivity contribution in [1.82, 2.24) is 0 Å². The third-order valence-electron chi connectivity index (χ3n) is 4.01. The molecule has 1 aromatic rings. The lowest BCUT2D eigenvalue weighted by Gasteiger charge is -2.24. The molecule has 1 aromatic carbocycles. The van der Waals surface area contributed by atoms with Crippen molar-refractivity contribution in [3.05, 3.63) is 23.3 Å². The van der Waals surface area contributed by atoms with Crippen LogP contribution in [0, 0.1) is 0 Å². The topological polar surface area (TPSA) is 44.5 Å². The number of rotatable bonds is 2. The van der Waals surface area contributed by atoms with E-state index in [1.54, 1.807) is 6.92 Å². The van der Waals surface area contributed by atoms with E-state index in [1.807, 2.05) is 0 Å². The standard InChI is InChI=1S/C13H14F3NO2/c1-7(17)12(2-3-12)8-4-10-11(19-6-18-10)5-9(8)13(14,15)16/h4-5,7H,2-3,6,17H2,1H3. The molecule has 0 bridgehead atoms. The van der Waals surface area contributed by atoms with E-state index in [0.717, 1.165) is 6.07 Å². The minimum atomic E-state index is -4.42. The first kappa shape index (κ1) is 12.6. The van der Waals surface area contributed by atoms with Crippen molar-refractivity contribution >= 4 is 0 Å². The summed E-state index contributed by atoms with van der Waals surface area (Å²) in [6.07, 6.45) is -3.07. The van der Waals surface area contributed by atoms with Crippen molar-refractivity contribution in [3.8, 4) is 11.5 Å². The molecule has 1 saturated carbocycles. The zero-order valence-electron chi connectivity index (χ0n) is 10.4. The third-order valence-corrected chi connectivity index (χ3v) is 4.01. The van der Waals surface area contributed by atoms with E-state index < -0.39 is 17.2 Å². The van der Waals surface area contributed by atoms with Gasteiger partial charge in [0.2, 0.25) is 6.79 Å². The van der Waals surface area contributed by atoms with Gasteiger partial charge in [0.1, 0.15) is 0 Å². The lowest BCUT2D eigenvalue weighted by molar-refractivity contribution is -0.138. The smallest absolute Gasteiger partial charge is 0.416 e. The van der Waals surface area contributed by atoms with E-state index in [9.17, 15) is 13.2 Å². The molecule has 1 fully saturated rings. The number of hydrogen-bond acceptors (Lipinski definition) is 3. The van der Waals surface area contributed by atoms with Crippen LogP contribution >= 0.6 is 0 Å². The van der Waals surface area contributed by atoms with Crippen molar-refractivity contribution < 1.29 is 22.6 Å². The van der Waals surface area contributed by atoms with Crippen molar-refractivity contribution in [1.29, 1.82) is 0 Å². The summed E-state index contributed by atoms with van der Waals surface area (Å²) in [6.45, 7) is 1.71. The van der Waals surface area contributed by atoms with Gasteiger partial charge in [0.25, 0.3) is 0 Å². The van der Waals surface area contributed by atoms with E-state index in [-0.39, 0.29) is 24.1 Å². The van der Waals surface area contributed by atoms with E-state index in [2.05, 4.69) is 0 Å². The van der Waals surface area contributed by atoms with Gasteiger partial charge in [-0.05, 0) is 37.5 Å². The minimum Gasteiger partial charge on any atom is -0.454 e. The Kier molecular flexibility index (Phi) is 2.51. The molecular weight excluding hydrogens is 259 g/mol. The zero-order chi connectivity index (χ0) is 13.8. The Balaban J connectivity index is 2.17. The van der Waals surface area contributed by atoms with Crippen LogP contribution in [0.5, 0.6) is 11.5 Å². The van der Waals surface area contributed by atoms with Crippen molar-refractivity contribution in [3.63, 3.8) is 0 Å². The number of halogens is 3. The molecule has 0 radical (unpaired) electrons. The SMILES string of the molecule is CC(N)C1(c2cc3c(cc2C(F)(F)F)OCO3)CC1. The summed E-state index contributed by atoms with van der Waals surface area (Å²) >= 11 is 0. The van der Waals surface area contributed by atoms with E-state index >= 15 is 0 Å². The summed E-state index contributed by atoms with van der Waals surface area (Å²) in [6, 6.07) is 2.15. The summed E-state index contributed by atoms with van der Waals surface area (Å²) in [4.78, 5) is 0. The molecule has 0 spiro atoms. The number of alkyl halides is 3. The van der Waals surface area contributed by atoms with Gasteiger partial charge in [0.15, 0.2) is 11.5 Å². The summed E-state index contributed by atoms with van der Waals surface area (Å²) < 4.78 is 49.8. The van der Waals surface area contributed by atoms with Gasteiger partial charge < -0.3 is 15.2 Å². The van der Waals surface area contributed by atoms with Crippen molar-refractivity contribution in [2.24, 2.45) is 5.73 Å². The van der Waals surface area contributed by atoms with Crippen LogP contribution in [0.15, 0.2) is 12.1 Å². The van der Waals surface area contributed by atoms with Crippen LogP contribution < -0.4 is 15.2 Å². The van der Waals surface area contributed by atoms with Crippen LogP contribution in [0.1, 0.15) is 30.9 Å². The maximum Gasteiger partial charge on any atom is 0.416 e. The molecule has 19 heavy (non-hydrogen) atoms. The molecule has 2 aliphatic rings. The van der Waals surface area contributed by atoms with Crippen molar-refractivity contribution in [2.45, 2.75) is 37.4 Å². The van der Waals surface area contributed by atoms with Crippen molar-refractivity contribution in [2.75, 3.05) is 6.79 Å². The van der Waals surface area contributed by atoms with E-state index in [1.165, 1.54) is 6.07 Å². The molecule has 1 heterocycles. The van der Waals surface area contributed by atoms with E-state index in [0.29, 0.717) is 18.6 Å². The van der Waals surface area contributed by atoms with Gasteiger partial charge >= 0.3 is 6.18 Å². The number of ether oxygens (including phenoxy) is 2. The maximum atomic E-state index is 13.2. The molecule has 1 aliphatic carbocycles. The van der Waals surface area contributed by atoms with Gasteiger partial charge in [-0.25, -0.2) is 0 Å². The highest BCUT2D eigenvalue weighted by molar-refractivity contribution is 5.54. The Labute approximate surface area is 108 Å². The van der Waals surface area contributed by atoms with Gasteiger partial charge in [-0.3, -0.25) is 0 Å². The zero-order valence-corrected chi connectivity index (χ0v) is 10.4. The largest absolute Gasteiger partial charge is 0.454 e. The molecule has 0 amide bonds. The lowest BCUT2D eigenvalue weighted by atomic mass is 9.85. The number of benzene rings is 1. The van der Waals surface area contributed by atoms with Gasteiger partial charge in [0.05, 0.1) is 5.56 Å². The number of fused-ring (bicyclic) bond motifs is 1. The molecule has 104 valence electrons. The quantitative estimate of drug-likeness (QED) is 0.901. The first-order valence-electron chi connectivity index (χ1n) is 6.11. The Bertz CT molecular complexity index is 521. The average molecular weight is 273 g/mol. The highest BCUT2D eigenvalue weighted by Gasteiger charge is 2.52. The molecule has 0 aromatic heterocycles. The molecule has 1 atom stereocenters. The second-order valence-electron chi connectivity index (χ2n) is 5.19. The van der Waals surface area contributed by atoms with Crippen LogP contribution in [0.2, 0.25) is 0 Å². The summed E-state index contributed by atoms with van der Waals surface area (Å²) in [5.74, 6) is 0.520. The fourth-order valence-corrected chi connectivity index (χ4v) is 2.69. The second kappa shape index (κ2) is 3.79. The fourth-order valence-electron chi connectivity index (χ4n) is 2.69. The molecule has 3 nitrogen and oxygen atoms in total. The molecular formula is C13H14F3NO2. The third kappa shape index (κ3) is 1.85. The molecule has 3 rings (SSSR count). The monoisotopic (exact) mass is 273 g/mol. The van der Waals surface area contributed by atoms with Crippen LogP contribution in [0.3, 0.4) is 0 Å². The predicted molar refractivity (Wildman–Crippen MR) is 62.1 cm³/mol. The molecule has 6 heteroatoms. The maximum absolute atomic E-state index is 13.2. The average Bonchev–Trinajstić information content (AvgIpc) is 3.00. The Morgan fingerprint density at radius 2 is 1.79 bits per heavy atom. The van der Waals surface area contributed by atoms with Gasteiger partial charge in [-0.15, -0.1) is 0 Å².